The molecule has 0 N–H and O–H groups in total. The molecule has 1 rings (SSSR count). The molecule has 0 radical (unpaired) electrons. The second kappa shape index (κ2) is 14.4. The van der Waals surface area contributed by atoms with Gasteiger partial charge in [0.1, 0.15) is 0 Å². The van der Waals surface area contributed by atoms with Gasteiger partial charge in [0.2, 0.25) is 0 Å². The fourth-order valence-corrected chi connectivity index (χ4v) is 0.604. The molecule has 13 heavy (non-hydrogen) atoms. The fraction of sp³-hybridized carbons (Fsp3) is 0.500. The van der Waals surface area contributed by atoms with Crippen LogP contribution in [0.3, 0.4) is 0 Å². The first-order chi connectivity index (χ1) is 5.80. The average molecular weight is 349 g/mol. The zero-order valence-electron chi connectivity index (χ0n) is 9.64. The summed E-state index contributed by atoms with van der Waals surface area (Å²) < 4.78 is 0. The zero-order valence-corrected chi connectivity index (χ0v) is 12.6. The molecule has 0 spiro atoms. The number of hydrogen-bond donors (Lipinski definition) is 0. The summed E-state index contributed by atoms with van der Waals surface area (Å²) in [6.45, 7) is 12.2. The Hall–Kier alpha value is -0.0917. The Balaban J connectivity index is -0.000000178. The van der Waals surface area contributed by atoms with E-state index in [1.807, 2.05) is 39.8 Å². The van der Waals surface area contributed by atoms with Crippen molar-refractivity contribution in [3.63, 3.8) is 0 Å². The molecular formula is C12H21W-. The first-order valence-electron chi connectivity index (χ1n) is 4.74. The Bertz CT molecular complexity index is 161. The van der Waals surface area contributed by atoms with Crippen LogP contribution in [0.15, 0.2) is 18.2 Å². The van der Waals surface area contributed by atoms with Crippen molar-refractivity contribution in [2.24, 2.45) is 0 Å². The molecule has 0 aliphatic rings. The Labute approximate surface area is 98.0 Å². The van der Waals surface area contributed by atoms with Gasteiger partial charge < -0.3 is 0 Å². The normalized spacial score (nSPS) is 6.62. The Morgan fingerprint density at radius 2 is 1.46 bits per heavy atom. The van der Waals surface area contributed by atoms with Crippen LogP contribution in [0.1, 0.15) is 38.8 Å². The van der Waals surface area contributed by atoms with Gasteiger partial charge in [-0.2, -0.15) is 35.4 Å². The van der Waals surface area contributed by atoms with E-state index < -0.39 is 0 Å². The SMILES string of the molecule is CC.CC.Cc1[c-]cccc1C.[W]. The van der Waals surface area contributed by atoms with Crippen LogP contribution in [0, 0.1) is 19.9 Å². The molecule has 0 aliphatic heterocycles. The van der Waals surface area contributed by atoms with E-state index in [1.165, 1.54) is 11.1 Å². The maximum Gasteiger partial charge on any atom is 0 e. The second-order valence-corrected chi connectivity index (χ2v) is 1.98. The van der Waals surface area contributed by atoms with E-state index >= 15 is 0 Å². The minimum Gasteiger partial charge on any atom is -0.180 e. The van der Waals surface area contributed by atoms with Gasteiger partial charge in [-0.05, 0) is 0 Å². The largest absolute Gasteiger partial charge is 0.180 e. The number of aryl methyl sites for hydroxylation is 2. The van der Waals surface area contributed by atoms with Crippen molar-refractivity contribution >= 4 is 0 Å². The van der Waals surface area contributed by atoms with Crippen molar-refractivity contribution in [2.45, 2.75) is 41.5 Å². The van der Waals surface area contributed by atoms with Crippen LogP contribution >= 0.6 is 0 Å². The monoisotopic (exact) mass is 349 g/mol. The molecule has 0 atom stereocenters. The van der Waals surface area contributed by atoms with E-state index in [-0.39, 0.29) is 21.1 Å². The van der Waals surface area contributed by atoms with E-state index in [4.69, 9.17) is 0 Å². The van der Waals surface area contributed by atoms with Gasteiger partial charge in [-0.3, -0.25) is 0 Å². The van der Waals surface area contributed by atoms with E-state index in [2.05, 4.69) is 26.0 Å². The molecule has 0 aromatic heterocycles. The molecule has 0 unspecified atom stereocenters. The minimum absolute atomic E-state index is 0. The molecule has 0 fully saturated rings. The van der Waals surface area contributed by atoms with Gasteiger partial charge in [-0.25, -0.2) is 0 Å². The van der Waals surface area contributed by atoms with Crippen molar-refractivity contribution in [1.29, 1.82) is 0 Å². The summed E-state index contributed by atoms with van der Waals surface area (Å²) in [5.74, 6) is 0. The van der Waals surface area contributed by atoms with Gasteiger partial charge >= 0.3 is 0 Å². The van der Waals surface area contributed by atoms with E-state index in [9.17, 15) is 0 Å². The van der Waals surface area contributed by atoms with Crippen molar-refractivity contribution in [2.75, 3.05) is 0 Å². The average Bonchev–Trinajstić information content (AvgIpc) is 2.17. The number of rotatable bonds is 0. The number of benzene rings is 1. The molecule has 0 saturated carbocycles. The molecule has 1 heteroatoms. The molecule has 0 aliphatic carbocycles. The predicted molar refractivity (Wildman–Crippen MR) is 57.4 cm³/mol. The summed E-state index contributed by atoms with van der Waals surface area (Å²) in [4.78, 5) is 0. The third kappa shape index (κ3) is 9.83. The minimum atomic E-state index is 0. The number of hydrogen-bond acceptors (Lipinski definition) is 0. The molecular weight excluding hydrogens is 328 g/mol. The van der Waals surface area contributed by atoms with Crippen LogP contribution < -0.4 is 0 Å². The Kier molecular flexibility index (Phi) is 20.7. The first-order valence-corrected chi connectivity index (χ1v) is 4.74. The quantitative estimate of drug-likeness (QED) is 0.618. The van der Waals surface area contributed by atoms with Gasteiger partial charge in [0.25, 0.3) is 0 Å². The standard InChI is InChI=1S/C8H9.2C2H6.W/c1-7-5-3-4-6-8(7)2;2*1-2;/h3-5H,1-2H3;2*1-2H3;/q-1;;;. The molecule has 76 valence electrons. The van der Waals surface area contributed by atoms with Gasteiger partial charge in [0, 0.05) is 21.1 Å². The fourth-order valence-electron chi connectivity index (χ4n) is 0.604. The smallest absolute Gasteiger partial charge is 0 e. The van der Waals surface area contributed by atoms with Crippen molar-refractivity contribution in [3.8, 4) is 0 Å². The summed E-state index contributed by atoms with van der Waals surface area (Å²) in [6.07, 6.45) is 0. The van der Waals surface area contributed by atoms with Crippen LogP contribution in [-0.4, -0.2) is 0 Å². The Morgan fingerprint density at radius 1 is 1.00 bits per heavy atom. The molecule has 0 bridgehead atoms. The predicted octanol–water partition coefficient (Wildman–Crippen LogP) is 4.15. The van der Waals surface area contributed by atoms with Gasteiger partial charge in [0.05, 0.1) is 0 Å². The van der Waals surface area contributed by atoms with Gasteiger partial charge in [0.15, 0.2) is 0 Å². The summed E-state index contributed by atoms with van der Waals surface area (Å²) in [5.41, 5.74) is 2.56. The summed E-state index contributed by atoms with van der Waals surface area (Å²) in [7, 11) is 0. The Morgan fingerprint density at radius 3 is 1.69 bits per heavy atom. The maximum atomic E-state index is 3.10. The van der Waals surface area contributed by atoms with Crippen LogP contribution in [0.4, 0.5) is 0 Å². The third-order valence-corrected chi connectivity index (χ3v) is 1.33. The van der Waals surface area contributed by atoms with E-state index in [1.54, 1.807) is 0 Å². The molecule has 0 heterocycles. The van der Waals surface area contributed by atoms with Crippen LogP contribution in [0.2, 0.25) is 0 Å². The van der Waals surface area contributed by atoms with Crippen molar-refractivity contribution in [1.82, 2.24) is 0 Å². The van der Waals surface area contributed by atoms with E-state index in [0.717, 1.165) is 0 Å². The molecule has 0 nitrogen and oxygen atoms in total. The van der Waals surface area contributed by atoms with Crippen molar-refractivity contribution < 1.29 is 21.1 Å². The molecule has 0 saturated heterocycles. The molecule has 0 amide bonds. The summed E-state index contributed by atoms with van der Waals surface area (Å²) in [6, 6.07) is 9.12. The van der Waals surface area contributed by atoms with Gasteiger partial charge in [-0.1, -0.05) is 41.5 Å². The zero-order chi connectivity index (χ0) is 9.98. The third-order valence-electron chi connectivity index (χ3n) is 1.33. The maximum absolute atomic E-state index is 3.10. The topological polar surface area (TPSA) is 0 Å². The molecule has 1 aromatic carbocycles. The van der Waals surface area contributed by atoms with Crippen LogP contribution in [-0.2, 0) is 21.1 Å². The van der Waals surface area contributed by atoms with Gasteiger partial charge in [-0.15, -0.1) is 0 Å². The van der Waals surface area contributed by atoms with E-state index in [0.29, 0.717) is 0 Å². The van der Waals surface area contributed by atoms with Crippen molar-refractivity contribution in [3.05, 3.63) is 35.4 Å². The summed E-state index contributed by atoms with van der Waals surface area (Å²) in [5, 5.41) is 0. The van der Waals surface area contributed by atoms with Crippen LogP contribution in [0.5, 0.6) is 0 Å². The van der Waals surface area contributed by atoms with Crippen LogP contribution in [0.25, 0.3) is 0 Å². The molecule has 1 aromatic rings. The summed E-state index contributed by atoms with van der Waals surface area (Å²) >= 11 is 0. The first kappa shape index (κ1) is 18.6. The second-order valence-electron chi connectivity index (χ2n) is 1.98.